The van der Waals surface area contributed by atoms with Crippen molar-refractivity contribution in [2.24, 2.45) is 0 Å². The van der Waals surface area contributed by atoms with Crippen LogP contribution < -0.4 is 5.32 Å². The van der Waals surface area contributed by atoms with E-state index in [4.69, 9.17) is 0 Å². The number of para-hydroxylation sites is 2. The van der Waals surface area contributed by atoms with E-state index >= 15 is 0 Å². The van der Waals surface area contributed by atoms with E-state index in [0.717, 1.165) is 27.7 Å². The van der Waals surface area contributed by atoms with Gasteiger partial charge >= 0.3 is 5.72 Å². The van der Waals surface area contributed by atoms with Crippen LogP contribution >= 0.6 is 11.8 Å². The summed E-state index contributed by atoms with van der Waals surface area (Å²) in [5.74, 6) is 0.566. The van der Waals surface area contributed by atoms with Crippen molar-refractivity contribution in [3.05, 3.63) is 108 Å². The SMILES string of the molecule is C/C(=C\C1=[N+](c2ccccc2)C(O)(c2ccccc2)CS1)Nc1ccccc1. The van der Waals surface area contributed by atoms with Gasteiger partial charge in [-0.25, -0.2) is 0 Å². The summed E-state index contributed by atoms with van der Waals surface area (Å²) >= 11 is 1.66. The lowest BCUT2D eigenvalue weighted by Crippen LogP contribution is -2.36. The highest BCUT2D eigenvalue weighted by atomic mass is 32.2. The van der Waals surface area contributed by atoms with Crippen molar-refractivity contribution in [3.8, 4) is 0 Å². The standard InChI is InChI=1S/C24H22N2OS/c1-19(25-21-13-7-3-8-14-21)17-23-26(22-15-9-4-10-16-22)24(27,18-28-23)20-11-5-2-6-12-20/h2-17,27H,18H2,1H3/p+1. The molecule has 0 saturated carbocycles. The van der Waals surface area contributed by atoms with E-state index in [2.05, 4.69) is 11.4 Å². The summed E-state index contributed by atoms with van der Waals surface area (Å²) in [4.78, 5) is 0. The monoisotopic (exact) mass is 387 g/mol. The van der Waals surface area contributed by atoms with Gasteiger partial charge in [0.2, 0.25) is 10.7 Å². The minimum absolute atomic E-state index is 0.566. The maximum atomic E-state index is 11.7. The summed E-state index contributed by atoms with van der Waals surface area (Å²) in [5.41, 5.74) is 2.84. The summed E-state index contributed by atoms with van der Waals surface area (Å²) in [6.45, 7) is 2.05. The van der Waals surface area contributed by atoms with Crippen molar-refractivity contribution in [3.63, 3.8) is 0 Å². The minimum Gasteiger partial charge on any atom is -0.359 e. The van der Waals surface area contributed by atoms with Crippen LogP contribution in [0.1, 0.15) is 12.5 Å². The van der Waals surface area contributed by atoms with Crippen molar-refractivity contribution in [2.75, 3.05) is 11.1 Å². The molecule has 28 heavy (non-hydrogen) atoms. The van der Waals surface area contributed by atoms with Gasteiger partial charge in [0.25, 0.3) is 0 Å². The molecule has 4 heteroatoms. The van der Waals surface area contributed by atoms with Crippen LogP contribution in [0, 0.1) is 0 Å². The maximum absolute atomic E-state index is 11.7. The van der Waals surface area contributed by atoms with E-state index in [-0.39, 0.29) is 0 Å². The van der Waals surface area contributed by atoms with Crippen molar-refractivity contribution >= 4 is 28.2 Å². The fraction of sp³-hybridized carbons (Fsp3) is 0.125. The van der Waals surface area contributed by atoms with E-state index in [1.165, 1.54) is 0 Å². The van der Waals surface area contributed by atoms with Gasteiger partial charge < -0.3 is 10.4 Å². The molecule has 3 aromatic carbocycles. The number of hydrogen-bond acceptors (Lipinski definition) is 3. The summed E-state index contributed by atoms with van der Waals surface area (Å²) < 4.78 is 2.03. The Morgan fingerprint density at radius 3 is 2.14 bits per heavy atom. The summed E-state index contributed by atoms with van der Waals surface area (Å²) in [7, 11) is 0. The predicted molar refractivity (Wildman–Crippen MR) is 118 cm³/mol. The van der Waals surface area contributed by atoms with Crippen molar-refractivity contribution < 1.29 is 9.68 Å². The van der Waals surface area contributed by atoms with Gasteiger partial charge in [-0.15, -0.1) is 0 Å². The van der Waals surface area contributed by atoms with E-state index in [0.29, 0.717) is 5.75 Å². The van der Waals surface area contributed by atoms with Gasteiger partial charge in [0.15, 0.2) is 0 Å². The number of nitrogens with zero attached hydrogens (tertiary/aromatic N) is 1. The molecule has 4 rings (SSSR count). The van der Waals surface area contributed by atoms with Crippen LogP contribution in [0.25, 0.3) is 0 Å². The van der Waals surface area contributed by atoms with Gasteiger partial charge in [-0.1, -0.05) is 54.6 Å². The molecule has 140 valence electrons. The third-order valence-electron chi connectivity index (χ3n) is 4.72. The van der Waals surface area contributed by atoms with Crippen LogP contribution in [-0.4, -0.2) is 20.5 Å². The highest BCUT2D eigenvalue weighted by Gasteiger charge is 2.50. The van der Waals surface area contributed by atoms with Crippen LogP contribution in [0.2, 0.25) is 0 Å². The Labute approximate surface area is 170 Å². The number of benzene rings is 3. The molecule has 0 spiro atoms. The minimum atomic E-state index is -1.09. The van der Waals surface area contributed by atoms with Crippen LogP contribution in [0.3, 0.4) is 0 Å². The van der Waals surface area contributed by atoms with Gasteiger partial charge in [-0.05, 0) is 43.0 Å². The third kappa shape index (κ3) is 3.75. The highest BCUT2D eigenvalue weighted by Crippen LogP contribution is 2.39. The zero-order valence-corrected chi connectivity index (χ0v) is 16.6. The first-order valence-electron chi connectivity index (χ1n) is 9.30. The van der Waals surface area contributed by atoms with E-state index in [1.54, 1.807) is 11.8 Å². The molecule has 3 nitrogen and oxygen atoms in total. The van der Waals surface area contributed by atoms with Crippen LogP contribution in [0.4, 0.5) is 11.4 Å². The molecule has 1 heterocycles. The van der Waals surface area contributed by atoms with Gasteiger partial charge in [0.05, 0.1) is 5.56 Å². The highest BCUT2D eigenvalue weighted by molar-refractivity contribution is 8.14. The van der Waals surface area contributed by atoms with Crippen LogP contribution in [0.15, 0.2) is 103 Å². The summed E-state index contributed by atoms with van der Waals surface area (Å²) in [6, 6.07) is 30.1. The first-order chi connectivity index (χ1) is 13.7. The number of anilines is 1. The Balaban J connectivity index is 1.78. The molecule has 1 atom stereocenters. The number of allylic oxidation sites excluding steroid dienone is 1. The van der Waals surface area contributed by atoms with E-state index < -0.39 is 5.72 Å². The lowest BCUT2D eigenvalue weighted by molar-refractivity contribution is -0.592. The van der Waals surface area contributed by atoms with E-state index in [9.17, 15) is 5.11 Å². The number of hydrogen-bond donors (Lipinski definition) is 2. The third-order valence-corrected chi connectivity index (χ3v) is 5.86. The van der Waals surface area contributed by atoms with Crippen molar-refractivity contribution in [1.29, 1.82) is 0 Å². The van der Waals surface area contributed by atoms with Crippen LogP contribution in [0.5, 0.6) is 0 Å². The molecule has 3 aromatic rings. The van der Waals surface area contributed by atoms with Crippen LogP contribution in [-0.2, 0) is 5.72 Å². The molecular formula is C24H23N2OS+. The molecule has 0 amide bonds. The Morgan fingerprint density at radius 1 is 0.929 bits per heavy atom. The number of aliphatic hydroxyl groups is 1. The molecule has 2 N–H and O–H groups in total. The molecule has 1 aliphatic heterocycles. The molecule has 0 aliphatic carbocycles. The number of thioether (sulfide) groups is 1. The van der Waals surface area contributed by atoms with Crippen molar-refractivity contribution in [1.82, 2.24) is 0 Å². The van der Waals surface area contributed by atoms with Gasteiger partial charge in [0.1, 0.15) is 5.75 Å². The molecule has 0 saturated heterocycles. The lowest BCUT2D eigenvalue weighted by atomic mass is 10.0. The predicted octanol–water partition coefficient (Wildman–Crippen LogP) is 5.34. The molecule has 1 unspecified atom stereocenters. The normalized spacial score (nSPS) is 19.7. The second-order valence-electron chi connectivity index (χ2n) is 6.80. The Morgan fingerprint density at radius 2 is 1.50 bits per heavy atom. The zero-order chi connectivity index (χ0) is 19.4. The smallest absolute Gasteiger partial charge is 0.307 e. The molecule has 0 fully saturated rings. The van der Waals surface area contributed by atoms with Crippen molar-refractivity contribution in [2.45, 2.75) is 12.6 Å². The lowest BCUT2D eigenvalue weighted by Gasteiger charge is -2.20. The largest absolute Gasteiger partial charge is 0.359 e. The zero-order valence-electron chi connectivity index (χ0n) is 15.7. The topological polar surface area (TPSA) is 35.3 Å². The Bertz CT molecular complexity index is 1000. The summed E-state index contributed by atoms with van der Waals surface area (Å²) in [6.07, 6.45) is 2.10. The molecule has 0 bridgehead atoms. The molecule has 0 radical (unpaired) electrons. The number of rotatable bonds is 5. The fourth-order valence-corrected chi connectivity index (χ4v) is 4.69. The first-order valence-corrected chi connectivity index (χ1v) is 10.3. The molecular weight excluding hydrogens is 364 g/mol. The Hall–Kier alpha value is -2.82. The number of nitrogens with one attached hydrogen (secondary N) is 1. The second kappa shape index (κ2) is 8.05. The fourth-order valence-electron chi connectivity index (χ4n) is 3.40. The average Bonchev–Trinajstić information content (AvgIpc) is 3.07. The maximum Gasteiger partial charge on any atom is 0.307 e. The molecule has 1 aliphatic rings. The molecule has 0 aromatic heterocycles. The quantitative estimate of drug-likeness (QED) is 0.580. The second-order valence-corrected chi connectivity index (χ2v) is 7.79. The van der Waals surface area contributed by atoms with E-state index in [1.807, 2.05) is 102 Å². The average molecular weight is 388 g/mol. The van der Waals surface area contributed by atoms with Gasteiger partial charge in [-0.2, -0.15) is 4.58 Å². The first kappa shape index (κ1) is 18.5. The summed E-state index contributed by atoms with van der Waals surface area (Å²) in [5, 5.41) is 16.1. The Kier molecular flexibility index (Phi) is 5.33. The van der Waals surface area contributed by atoms with Gasteiger partial charge in [-0.3, -0.25) is 0 Å². The van der Waals surface area contributed by atoms with Gasteiger partial charge in [0, 0.05) is 29.6 Å².